The Bertz CT molecular complexity index is 629. The van der Waals surface area contributed by atoms with Crippen LogP contribution in [0.25, 0.3) is 0 Å². The molecule has 1 aliphatic heterocycles. The number of rotatable bonds is 12. The molecular weight excluding hydrogens is 356 g/mol. The van der Waals surface area contributed by atoms with Gasteiger partial charge in [0.2, 0.25) is 5.91 Å². The van der Waals surface area contributed by atoms with E-state index in [1.165, 1.54) is 18.4 Å². The van der Waals surface area contributed by atoms with Crippen LogP contribution in [0.1, 0.15) is 44.6 Å². The van der Waals surface area contributed by atoms with Gasteiger partial charge in [0.1, 0.15) is 13.2 Å². The first-order valence-corrected chi connectivity index (χ1v) is 10.7. The van der Waals surface area contributed by atoms with Crippen LogP contribution in [0, 0.1) is 5.92 Å². The molecule has 1 unspecified atom stereocenters. The van der Waals surface area contributed by atoms with Gasteiger partial charge in [-0.25, -0.2) is 0 Å². The lowest BCUT2D eigenvalue weighted by Crippen LogP contribution is -2.31. The van der Waals surface area contributed by atoms with E-state index in [9.17, 15) is 4.79 Å². The fourth-order valence-electron chi connectivity index (χ4n) is 3.72. The zero-order chi connectivity index (χ0) is 19.8. The normalized spacial score (nSPS) is 16.8. The number of nitrogens with zero attached hydrogens (tertiary/aromatic N) is 1. The summed E-state index contributed by atoms with van der Waals surface area (Å²) in [6.07, 6.45) is 2.91. The van der Waals surface area contributed by atoms with Crippen molar-refractivity contribution in [1.29, 1.82) is 0 Å². The molecule has 0 aromatic heterocycles. The maximum absolute atomic E-state index is 12.5. The van der Waals surface area contributed by atoms with Crippen molar-refractivity contribution in [2.24, 2.45) is 5.92 Å². The SMILES string of the molecule is CCN(CC)CCOCCNC(=O)CC(c1ccc2c(c1)OCCO2)C1CC1. The molecule has 1 heterocycles. The predicted octanol–water partition coefficient (Wildman–Crippen LogP) is 2.82. The van der Waals surface area contributed by atoms with Gasteiger partial charge in [-0.1, -0.05) is 19.9 Å². The summed E-state index contributed by atoms with van der Waals surface area (Å²) >= 11 is 0. The van der Waals surface area contributed by atoms with Crippen LogP contribution < -0.4 is 14.8 Å². The van der Waals surface area contributed by atoms with Gasteiger partial charge in [-0.05, 0) is 55.5 Å². The van der Waals surface area contributed by atoms with Crippen LogP contribution >= 0.6 is 0 Å². The molecule has 1 aliphatic carbocycles. The average Bonchev–Trinajstić information content (AvgIpc) is 3.56. The number of carbonyl (C=O) groups excluding carboxylic acids is 1. The molecule has 1 aromatic carbocycles. The maximum atomic E-state index is 12.5. The Labute approximate surface area is 168 Å². The van der Waals surface area contributed by atoms with E-state index in [0.717, 1.165) is 31.1 Å². The van der Waals surface area contributed by atoms with E-state index in [1.54, 1.807) is 0 Å². The van der Waals surface area contributed by atoms with Gasteiger partial charge in [-0.2, -0.15) is 0 Å². The molecule has 1 atom stereocenters. The second kappa shape index (κ2) is 10.7. The Kier molecular flexibility index (Phi) is 7.98. The van der Waals surface area contributed by atoms with Gasteiger partial charge >= 0.3 is 0 Å². The summed E-state index contributed by atoms with van der Waals surface area (Å²) in [7, 11) is 0. The predicted molar refractivity (Wildman–Crippen MR) is 109 cm³/mol. The van der Waals surface area contributed by atoms with Crippen LogP contribution in [-0.2, 0) is 9.53 Å². The van der Waals surface area contributed by atoms with Crippen molar-refractivity contribution in [3.8, 4) is 11.5 Å². The molecule has 6 heteroatoms. The van der Waals surface area contributed by atoms with Crippen LogP contribution in [0.15, 0.2) is 18.2 Å². The van der Waals surface area contributed by atoms with E-state index in [-0.39, 0.29) is 11.8 Å². The first kappa shape index (κ1) is 20.9. The van der Waals surface area contributed by atoms with E-state index >= 15 is 0 Å². The molecule has 1 N–H and O–H groups in total. The number of hydrogen-bond donors (Lipinski definition) is 1. The van der Waals surface area contributed by atoms with Crippen molar-refractivity contribution in [2.75, 3.05) is 52.6 Å². The number of amides is 1. The standard InChI is InChI=1S/C22H34N2O4/c1-3-24(4-2)10-12-26-11-9-23-22(25)16-19(17-5-6-17)18-7-8-20-21(15-18)28-14-13-27-20/h7-8,15,17,19H,3-6,9-14,16H2,1-2H3,(H,23,25). The van der Waals surface area contributed by atoms with Crippen molar-refractivity contribution in [1.82, 2.24) is 10.2 Å². The van der Waals surface area contributed by atoms with E-state index in [0.29, 0.717) is 45.3 Å². The van der Waals surface area contributed by atoms with Crippen LogP contribution in [0.3, 0.4) is 0 Å². The third-order valence-electron chi connectivity index (χ3n) is 5.61. The second-order valence-electron chi connectivity index (χ2n) is 7.54. The molecule has 6 nitrogen and oxygen atoms in total. The van der Waals surface area contributed by atoms with E-state index < -0.39 is 0 Å². The minimum Gasteiger partial charge on any atom is -0.486 e. The number of ether oxygens (including phenoxy) is 3. The van der Waals surface area contributed by atoms with E-state index in [1.807, 2.05) is 6.07 Å². The first-order chi connectivity index (χ1) is 13.7. The molecule has 1 saturated carbocycles. The summed E-state index contributed by atoms with van der Waals surface area (Å²) in [5, 5.41) is 3.01. The van der Waals surface area contributed by atoms with E-state index in [2.05, 4.69) is 36.2 Å². The quantitative estimate of drug-likeness (QED) is 0.556. The van der Waals surface area contributed by atoms with Crippen molar-refractivity contribution in [3.63, 3.8) is 0 Å². The topological polar surface area (TPSA) is 60.0 Å². The summed E-state index contributed by atoms with van der Waals surface area (Å²) in [5.74, 6) is 2.55. The number of hydrogen-bond acceptors (Lipinski definition) is 5. The lowest BCUT2D eigenvalue weighted by Gasteiger charge is -2.22. The molecule has 0 bridgehead atoms. The molecule has 0 saturated heterocycles. The molecule has 2 aliphatic rings. The zero-order valence-electron chi connectivity index (χ0n) is 17.2. The number of carbonyl (C=O) groups is 1. The Balaban J connectivity index is 1.41. The zero-order valence-corrected chi connectivity index (χ0v) is 17.2. The number of likely N-dealkylation sites (N-methyl/N-ethyl adjacent to an activating group) is 1. The van der Waals surface area contributed by atoms with Crippen molar-refractivity contribution < 1.29 is 19.0 Å². The Morgan fingerprint density at radius 2 is 1.93 bits per heavy atom. The number of benzene rings is 1. The van der Waals surface area contributed by atoms with E-state index in [4.69, 9.17) is 14.2 Å². The lowest BCUT2D eigenvalue weighted by molar-refractivity contribution is -0.121. The molecule has 0 radical (unpaired) electrons. The van der Waals surface area contributed by atoms with Gasteiger partial charge in [0.05, 0.1) is 13.2 Å². The molecule has 156 valence electrons. The molecule has 1 amide bonds. The summed E-state index contributed by atoms with van der Waals surface area (Å²) in [4.78, 5) is 14.8. The molecule has 28 heavy (non-hydrogen) atoms. The summed E-state index contributed by atoms with van der Waals surface area (Å²) in [6.45, 7) is 10.3. The van der Waals surface area contributed by atoms with Crippen molar-refractivity contribution in [2.45, 2.75) is 39.0 Å². The highest BCUT2D eigenvalue weighted by molar-refractivity contribution is 5.77. The van der Waals surface area contributed by atoms with Crippen molar-refractivity contribution >= 4 is 5.91 Å². The van der Waals surface area contributed by atoms with Gasteiger partial charge in [-0.15, -0.1) is 0 Å². The number of nitrogens with one attached hydrogen (secondary N) is 1. The maximum Gasteiger partial charge on any atom is 0.220 e. The van der Waals surface area contributed by atoms with Crippen LogP contribution in [0.4, 0.5) is 0 Å². The molecular formula is C22H34N2O4. The lowest BCUT2D eigenvalue weighted by atomic mass is 9.90. The minimum atomic E-state index is 0.0964. The Morgan fingerprint density at radius 1 is 1.18 bits per heavy atom. The largest absolute Gasteiger partial charge is 0.486 e. The Hall–Kier alpha value is -1.79. The van der Waals surface area contributed by atoms with Gasteiger partial charge in [0.25, 0.3) is 0 Å². The molecule has 1 fully saturated rings. The molecule has 1 aromatic rings. The van der Waals surface area contributed by atoms with Gasteiger partial charge in [0, 0.05) is 19.5 Å². The van der Waals surface area contributed by atoms with Crippen molar-refractivity contribution in [3.05, 3.63) is 23.8 Å². The Morgan fingerprint density at radius 3 is 2.64 bits per heavy atom. The molecule has 3 rings (SSSR count). The van der Waals surface area contributed by atoms with Gasteiger partial charge in [0.15, 0.2) is 11.5 Å². The monoisotopic (exact) mass is 390 g/mol. The highest BCUT2D eigenvalue weighted by atomic mass is 16.6. The number of fused-ring (bicyclic) bond motifs is 1. The highest BCUT2D eigenvalue weighted by Gasteiger charge is 2.34. The highest BCUT2D eigenvalue weighted by Crippen LogP contribution is 2.46. The van der Waals surface area contributed by atoms with Gasteiger partial charge in [-0.3, -0.25) is 4.79 Å². The summed E-state index contributed by atoms with van der Waals surface area (Å²) in [6, 6.07) is 6.11. The van der Waals surface area contributed by atoms with Crippen LogP contribution in [0.2, 0.25) is 0 Å². The smallest absolute Gasteiger partial charge is 0.220 e. The van der Waals surface area contributed by atoms with Gasteiger partial charge < -0.3 is 24.4 Å². The second-order valence-corrected chi connectivity index (χ2v) is 7.54. The summed E-state index contributed by atoms with van der Waals surface area (Å²) in [5.41, 5.74) is 1.18. The fraction of sp³-hybridized carbons (Fsp3) is 0.682. The third-order valence-corrected chi connectivity index (χ3v) is 5.61. The third kappa shape index (κ3) is 6.11. The molecule has 0 spiro atoms. The minimum absolute atomic E-state index is 0.0964. The summed E-state index contributed by atoms with van der Waals surface area (Å²) < 4.78 is 17.0. The first-order valence-electron chi connectivity index (χ1n) is 10.7. The van der Waals surface area contributed by atoms with Crippen LogP contribution in [0.5, 0.6) is 11.5 Å². The van der Waals surface area contributed by atoms with Crippen LogP contribution in [-0.4, -0.2) is 63.4 Å². The average molecular weight is 391 g/mol. The fourth-order valence-corrected chi connectivity index (χ4v) is 3.72.